The largest absolute Gasteiger partial charge is 0.383 e. The standard InChI is InChI=1S/C17H24N4O/c1-22-12-11-21-10-8-19-17(21)14-20-9-7-18-16(13-20)15-5-3-2-4-6-15/h2-6,8,10,16,18H,7,9,11-14H2,1H3/t16-/m0/s1. The molecule has 1 atom stereocenters. The van der Waals surface area contributed by atoms with Crippen molar-refractivity contribution in [2.75, 3.05) is 33.4 Å². The summed E-state index contributed by atoms with van der Waals surface area (Å²) in [7, 11) is 1.73. The fourth-order valence-electron chi connectivity index (χ4n) is 2.95. The normalized spacial score (nSPS) is 19.4. The van der Waals surface area contributed by atoms with Crippen LogP contribution in [0.25, 0.3) is 0 Å². The quantitative estimate of drug-likeness (QED) is 0.881. The van der Waals surface area contributed by atoms with Gasteiger partial charge in [0.1, 0.15) is 5.82 Å². The Kier molecular flexibility index (Phi) is 5.21. The molecule has 2 aromatic rings. The lowest BCUT2D eigenvalue weighted by molar-refractivity contribution is 0.174. The summed E-state index contributed by atoms with van der Waals surface area (Å²) in [5.74, 6) is 1.12. The smallest absolute Gasteiger partial charge is 0.122 e. The monoisotopic (exact) mass is 300 g/mol. The maximum Gasteiger partial charge on any atom is 0.122 e. The Morgan fingerprint density at radius 1 is 1.32 bits per heavy atom. The van der Waals surface area contributed by atoms with Crippen LogP contribution in [-0.2, 0) is 17.8 Å². The SMILES string of the molecule is COCCn1ccnc1CN1CCN[C@H](c2ccccc2)C1. The van der Waals surface area contributed by atoms with Gasteiger partial charge in [0.15, 0.2) is 0 Å². The van der Waals surface area contributed by atoms with Crippen LogP contribution in [0.4, 0.5) is 0 Å². The first-order valence-electron chi connectivity index (χ1n) is 7.86. The van der Waals surface area contributed by atoms with E-state index in [-0.39, 0.29) is 0 Å². The van der Waals surface area contributed by atoms with Crippen molar-refractivity contribution in [2.24, 2.45) is 0 Å². The summed E-state index contributed by atoms with van der Waals surface area (Å²) < 4.78 is 7.35. The van der Waals surface area contributed by atoms with Crippen LogP contribution in [0.15, 0.2) is 42.7 Å². The van der Waals surface area contributed by atoms with Crippen LogP contribution in [0, 0.1) is 0 Å². The number of rotatable bonds is 6. The third-order valence-electron chi connectivity index (χ3n) is 4.16. The highest BCUT2D eigenvalue weighted by Gasteiger charge is 2.21. The summed E-state index contributed by atoms with van der Waals surface area (Å²) in [5.41, 5.74) is 1.36. The van der Waals surface area contributed by atoms with E-state index in [4.69, 9.17) is 4.74 Å². The molecule has 0 radical (unpaired) electrons. The minimum atomic E-state index is 0.400. The van der Waals surface area contributed by atoms with Gasteiger partial charge < -0.3 is 14.6 Å². The Hall–Kier alpha value is -1.69. The second kappa shape index (κ2) is 7.54. The van der Waals surface area contributed by atoms with E-state index in [1.807, 2.05) is 12.4 Å². The highest BCUT2D eigenvalue weighted by molar-refractivity contribution is 5.19. The van der Waals surface area contributed by atoms with E-state index in [1.165, 1.54) is 5.56 Å². The lowest BCUT2D eigenvalue weighted by atomic mass is 10.0. The summed E-state index contributed by atoms with van der Waals surface area (Å²) in [6, 6.07) is 11.1. The lowest BCUT2D eigenvalue weighted by Crippen LogP contribution is -2.45. The molecule has 1 aromatic heterocycles. The summed E-state index contributed by atoms with van der Waals surface area (Å²) >= 11 is 0. The van der Waals surface area contributed by atoms with E-state index >= 15 is 0 Å². The fourth-order valence-corrected chi connectivity index (χ4v) is 2.95. The Balaban J connectivity index is 1.62. The summed E-state index contributed by atoms with van der Waals surface area (Å²) in [6.07, 6.45) is 3.91. The first-order valence-corrected chi connectivity index (χ1v) is 7.86. The van der Waals surface area contributed by atoms with Gasteiger partial charge in [0, 0.05) is 51.7 Å². The number of ether oxygens (including phenoxy) is 1. The topological polar surface area (TPSA) is 42.3 Å². The van der Waals surface area contributed by atoms with Crippen molar-refractivity contribution in [3.05, 3.63) is 54.1 Å². The number of nitrogens with zero attached hydrogens (tertiary/aromatic N) is 3. The first kappa shape index (κ1) is 15.2. The van der Waals surface area contributed by atoms with Gasteiger partial charge in [0.25, 0.3) is 0 Å². The average Bonchev–Trinajstić information content (AvgIpc) is 3.01. The molecule has 1 aliphatic rings. The third-order valence-corrected chi connectivity index (χ3v) is 4.16. The number of nitrogens with one attached hydrogen (secondary N) is 1. The molecule has 0 unspecified atom stereocenters. The van der Waals surface area contributed by atoms with Crippen LogP contribution in [0.2, 0.25) is 0 Å². The van der Waals surface area contributed by atoms with Crippen LogP contribution in [0.3, 0.4) is 0 Å². The van der Waals surface area contributed by atoms with E-state index in [9.17, 15) is 0 Å². The molecule has 118 valence electrons. The second-order valence-corrected chi connectivity index (χ2v) is 5.68. The molecule has 5 heteroatoms. The van der Waals surface area contributed by atoms with E-state index < -0.39 is 0 Å². The van der Waals surface area contributed by atoms with E-state index in [0.717, 1.165) is 45.2 Å². The molecule has 1 aliphatic heterocycles. The van der Waals surface area contributed by atoms with Gasteiger partial charge in [0.05, 0.1) is 13.2 Å². The Morgan fingerprint density at radius 3 is 3.00 bits per heavy atom. The number of piperazine rings is 1. The maximum absolute atomic E-state index is 5.16. The molecule has 3 rings (SSSR count). The molecule has 0 bridgehead atoms. The van der Waals surface area contributed by atoms with E-state index in [1.54, 1.807) is 7.11 Å². The van der Waals surface area contributed by atoms with Gasteiger partial charge in [-0.3, -0.25) is 4.90 Å². The van der Waals surface area contributed by atoms with Crippen LogP contribution < -0.4 is 5.32 Å². The predicted molar refractivity (Wildman–Crippen MR) is 86.6 cm³/mol. The number of methoxy groups -OCH3 is 1. The van der Waals surface area contributed by atoms with Crippen molar-refractivity contribution >= 4 is 0 Å². The second-order valence-electron chi connectivity index (χ2n) is 5.68. The highest BCUT2D eigenvalue weighted by Crippen LogP contribution is 2.18. The predicted octanol–water partition coefficient (Wildman–Crippen LogP) is 1.68. The van der Waals surface area contributed by atoms with Crippen molar-refractivity contribution < 1.29 is 4.74 Å². The van der Waals surface area contributed by atoms with E-state index in [0.29, 0.717) is 6.04 Å². The van der Waals surface area contributed by atoms with Crippen molar-refractivity contribution in [3.63, 3.8) is 0 Å². The summed E-state index contributed by atoms with van der Waals surface area (Å²) in [6.45, 7) is 5.55. The molecule has 1 N–H and O–H groups in total. The molecule has 0 amide bonds. The van der Waals surface area contributed by atoms with Crippen molar-refractivity contribution in [1.29, 1.82) is 0 Å². The Morgan fingerprint density at radius 2 is 2.18 bits per heavy atom. The van der Waals surface area contributed by atoms with Gasteiger partial charge in [-0.1, -0.05) is 30.3 Å². The van der Waals surface area contributed by atoms with Crippen molar-refractivity contribution in [1.82, 2.24) is 19.8 Å². The number of imidazole rings is 1. The van der Waals surface area contributed by atoms with Crippen LogP contribution in [0.5, 0.6) is 0 Å². The number of aromatic nitrogens is 2. The molecule has 0 aliphatic carbocycles. The zero-order valence-electron chi connectivity index (χ0n) is 13.1. The van der Waals surface area contributed by atoms with Gasteiger partial charge in [-0.05, 0) is 5.56 Å². The van der Waals surface area contributed by atoms with E-state index in [2.05, 4.69) is 50.1 Å². The van der Waals surface area contributed by atoms with Crippen molar-refractivity contribution in [3.8, 4) is 0 Å². The van der Waals surface area contributed by atoms with Gasteiger partial charge in [0.2, 0.25) is 0 Å². The van der Waals surface area contributed by atoms with Crippen LogP contribution >= 0.6 is 0 Å². The minimum absolute atomic E-state index is 0.400. The molecule has 0 spiro atoms. The molecule has 0 saturated carbocycles. The van der Waals surface area contributed by atoms with Crippen LogP contribution in [0.1, 0.15) is 17.4 Å². The number of benzene rings is 1. The molecular weight excluding hydrogens is 276 g/mol. The molecule has 2 heterocycles. The van der Waals surface area contributed by atoms with Gasteiger partial charge in [-0.15, -0.1) is 0 Å². The average molecular weight is 300 g/mol. The van der Waals surface area contributed by atoms with Gasteiger partial charge in [-0.2, -0.15) is 0 Å². The zero-order chi connectivity index (χ0) is 15.2. The maximum atomic E-state index is 5.16. The summed E-state index contributed by atoms with van der Waals surface area (Å²) in [4.78, 5) is 6.98. The Bertz CT molecular complexity index is 569. The Labute approximate surface area is 131 Å². The van der Waals surface area contributed by atoms with Crippen LogP contribution in [-0.4, -0.2) is 47.8 Å². The number of hydrogen-bond acceptors (Lipinski definition) is 4. The molecule has 5 nitrogen and oxygen atoms in total. The molecular formula is C17H24N4O. The van der Waals surface area contributed by atoms with Gasteiger partial charge in [-0.25, -0.2) is 4.98 Å². The van der Waals surface area contributed by atoms with Crippen molar-refractivity contribution in [2.45, 2.75) is 19.1 Å². The lowest BCUT2D eigenvalue weighted by Gasteiger charge is -2.33. The fraction of sp³-hybridized carbons (Fsp3) is 0.471. The molecule has 1 aromatic carbocycles. The highest BCUT2D eigenvalue weighted by atomic mass is 16.5. The number of hydrogen-bond donors (Lipinski definition) is 1. The molecule has 1 saturated heterocycles. The summed E-state index contributed by atoms with van der Waals surface area (Å²) in [5, 5.41) is 3.60. The first-order chi connectivity index (χ1) is 10.9. The van der Waals surface area contributed by atoms with Gasteiger partial charge >= 0.3 is 0 Å². The molecule has 1 fully saturated rings. The minimum Gasteiger partial charge on any atom is -0.383 e. The third kappa shape index (κ3) is 3.74. The molecule has 22 heavy (non-hydrogen) atoms. The zero-order valence-corrected chi connectivity index (χ0v) is 13.1.